The normalized spacial score (nSPS) is 34.3. The van der Waals surface area contributed by atoms with E-state index in [1.165, 1.54) is 23.5 Å². The Morgan fingerprint density at radius 1 is 1.42 bits per heavy atom. The number of hydrogen-bond donors (Lipinski definition) is 5. The van der Waals surface area contributed by atoms with Crippen molar-refractivity contribution in [2.24, 2.45) is 0 Å². The number of benzene rings is 1. The molecular weight excluding hydrogens is 534 g/mol. The van der Waals surface area contributed by atoms with Crippen LogP contribution in [0.2, 0.25) is 0 Å². The van der Waals surface area contributed by atoms with Gasteiger partial charge in [0.05, 0.1) is 23.4 Å². The summed E-state index contributed by atoms with van der Waals surface area (Å²) in [7, 11) is 1.79. The molecular formula is C20H24BrN5O5S2. The van der Waals surface area contributed by atoms with Crippen LogP contribution < -0.4 is 10.9 Å². The number of nitriles is 1. The Kier molecular flexibility index (Phi) is 7.18. The first-order valence-corrected chi connectivity index (χ1v) is 12.8. The molecule has 178 valence electrons. The highest BCUT2D eigenvalue weighted by molar-refractivity contribution is 9.10. The summed E-state index contributed by atoms with van der Waals surface area (Å²) in [6, 6.07) is 6.41. The molecule has 2 saturated heterocycles. The van der Waals surface area contributed by atoms with Crippen LogP contribution >= 0.6 is 39.5 Å². The average Bonchev–Trinajstić information content (AvgIpc) is 3.33. The van der Waals surface area contributed by atoms with Crippen molar-refractivity contribution in [3.8, 4) is 6.07 Å². The van der Waals surface area contributed by atoms with Gasteiger partial charge in [-0.05, 0) is 41.1 Å². The van der Waals surface area contributed by atoms with Crippen molar-refractivity contribution in [1.29, 1.82) is 5.26 Å². The number of thioether (sulfide) groups is 2. The van der Waals surface area contributed by atoms with E-state index in [-0.39, 0.29) is 5.24 Å². The topological polar surface area (TPSA) is 141 Å². The number of aliphatic hydroxyl groups excluding tert-OH is 3. The number of halogens is 1. The summed E-state index contributed by atoms with van der Waals surface area (Å²) >= 11 is 5.79. The van der Waals surface area contributed by atoms with Crippen LogP contribution in [0.3, 0.4) is 0 Å². The third-order valence-corrected chi connectivity index (χ3v) is 8.70. The zero-order valence-electron chi connectivity index (χ0n) is 17.8. The Balaban J connectivity index is 1.58. The first-order valence-electron chi connectivity index (χ1n) is 10.1. The van der Waals surface area contributed by atoms with Gasteiger partial charge in [0.25, 0.3) is 5.24 Å². The van der Waals surface area contributed by atoms with Crippen LogP contribution in [0.5, 0.6) is 0 Å². The molecule has 1 amide bonds. The number of carbonyl (C=O) groups is 1. The van der Waals surface area contributed by atoms with E-state index in [1.54, 1.807) is 41.5 Å². The van der Waals surface area contributed by atoms with Crippen LogP contribution in [0.25, 0.3) is 0 Å². The van der Waals surface area contributed by atoms with Crippen molar-refractivity contribution in [2.75, 3.05) is 19.4 Å². The Morgan fingerprint density at radius 2 is 2.18 bits per heavy atom. The fourth-order valence-corrected chi connectivity index (χ4v) is 6.73. The van der Waals surface area contributed by atoms with Gasteiger partial charge in [0.15, 0.2) is 0 Å². The van der Waals surface area contributed by atoms with E-state index >= 15 is 0 Å². The van der Waals surface area contributed by atoms with E-state index in [0.29, 0.717) is 15.8 Å². The molecule has 13 heteroatoms. The number of hydrazine groups is 2. The van der Waals surface area contributed by atoms with Crippen molar-refractivity contribution >= 4 is 44.7 Å². The lowest BCUT2D eigenvalue weighted by Crippen LogP contribution is -2.65. The van der Waals surface area contributed by atoms with Crippen LogP contribution in [0.1, 0.15) is 12.5 Å². The number of nitrogens with one attached hydrogen (secondary N) is 2. The quantitative estimate of drug-likeness (QED) is 0.353. The molecule has 4 rings (SSSR count). The third-order valence-electron chi connectivity index (χ3n) is 5.81. The highest BCUT2D eigenvalue weighted by Gasteiger charge is 2.50. The van der Waals surface area contributed by atoms with E-state index in [2.05, 4.69) is 32.9 Å². The van der Waals surface area contributed by atoms with E-state index in [1.807, 2.05) is 6.92 Å². The van der Waals surface area contributed by atoms with Crippen molar-refractivity contribution in [1.82, 2.24) is 20.9 Å². The molecule has 3 heterocycles. The molecule has 0 radical (unpaired) electrons. The number of rotatable bonds is 5. The molecule has 3 aliphatic rings. The van der Waals surface area contributed by atoms with E-state index in [9.17, 15) is 20.1 Å². The van der Waals surface area contributed by atoms with Gasteiger partial charge in [-0.3, -0.25) is 14.8 Å². The second kappa shape index (κ2) is 9.63. The average molecular weight is 558 g/mol. The van der Waals surface area contributed by atoms with Crippen molar-refractivity contribution in [2.45, 2.75) is 47.1 Å². The summed E-state index contributed by atoms with van der Waals surface area (Å²) in [5.74, 6) is 0.543. The predicted molar refractivity (Wildman–Crippen MR) is 126 cm³/mol. The molecule has 2 fully saturated rings. The van der Waals surface area contributed by atoms with Gasteiger partial charge in [0, 0.05) is 28.4 Å². The fraction of sp³-hybridized carbons (Fsp3) is 0.500. The largest absolute Gasteiger partial charge is 0.394 e. The van der Waals surface area contributed by atoms with Crippen LogP contribution in [-0.4, -0.2) is 85.3 Å². The number of aliphatic hydroxyl groups is 3. The molecule has 5 N–H and O–H groups in total. The monoisotopic (exact) mass is 557 g/mol. The van der Waals surface area contributed by atoms with Gasteiger partial charge in [0.1, 0.15) is 35.9 Å². The van der Waals surface area contributed by atoms with E-state index < -0.39 is 41.9 Å². The molecule has 1 aromatic carbocycles. The highest BCUT2D eigenvalue weighted by Crippen LogP contribution is 2.38. The number of amides is 1. The van der Waals surface area contributed by atoms with Gasteiger partial charge >= 0.3 is 0 Å². The predicted octanol–water partition coefficient (Wildman–Crippen LogP) is 0.944. The molecule has 0 saturated carbocycles. The van der Waals surface area contributed by atoms with Crippen molar-refractivity contribution in [3.05, 3.63) is 40.1 Å². The summed E-state index contributed by atoms with van der Waals surface area (Å²) in [6.45, 7) is 1.48. The first-order chi connectivity index (χ1) is 15.7. The zero-order valence-corrected chi connectivity index (χ0v) is 21.0. The molecule has 4 unspecified atom stereocenters. The number of hydrogen-bond acceptors (Lipinski definition) is 11. The van der Waals surface area contributed by atoms with Crippen LogP contribution in [0, 0.1) is 11.3 Å². The number of carbonyl (C=O) groups excluding carboxylic acids is 1. The fourth-order valence-electron chi connectivity index (χ4n) is 4.07. The molecule has 0 aliphatic carbocycles. The van der Waals surface area contributed by atoms with Gasteiger partial charge < -0.3 is 25.4 Å². The number of nitrogens with zero attached hydrogens (tertiary/aromatic N) is 3. The summed E-state index contributed by atoms with van der Waals surface area (Å²) in [6.07, 6.45) is -1.49. The Morgan fingerprint density at radius 3 is 2.79 bits per heavy atom. The molecule has 3 aliphatic heterocycles. The Bertz CT molecular complexity index is 1010. The maximum absolute atomic E-state index is 11.8. The molecule has 0 spiro atoms. The van der Waals surface area contributed by atoms with Crippen LogP contribution in [0.15, 0.2) is 39.5 Å². The summed E-state index contributed by atoms with van der Waals surface area (Å²) in [5.41, 5.74) is 2.96. The minimum Gasteiger partial charge on any atom is -0.394 e. The highest BCUT2D eigenvalue weighted by atomic mass is 79.9. The lowest BCUT2D eigenvalue weighted by molar-refractivity contribution is -0.192. The minimum atomic E-state index is -1.19. The van der Waals surface area contributed by atoms with Gasteiger partial charge in [-0.25, -0.2) is 0 Å². The Hall–Kier alpha value is -1.50. The molecule has 33 heavy (non-hydrogen) atoms. The van der Waals surface area contributed by atoms with Crippen LogP contribution in [0.4, 0.5) is 4.79 Å². The maximum Gasteiger partial charge on any atom is 0.279 e. The standard InChI is InChI=1S/C20H24BrN5O5S2/c1-20(9-32-19(30)23-20)14-7-26(24-25(14)2)15-16(28)13(8-27)31-18(17(15)29)33-11-4-3-10(6-22)12(21)5-11/h3-5,7,13,15-18,24,27-29H,8-9H2,1-2H3,(H,23,30)/t13?,15?,16-,17?,18+,20?/m0/s1. The zero-order chi connectivity index (χ0) is 23.9. The molecule has 1 aromatic rings. The van der Waals surface area contributed by atoms with Gasteiger partial charge in [-0.15, -0.1) is 5.53 Å². The van der Waals surface area contributed by atoms with E-state index in [4.69, 9.17) is 10.00 Å². The van der Waals surface area contributed by atoms with Gasteiger partial charge in [-0.1, -0.05) is 23.5 Å². The summed E-state index contributed by atoms with van der Waals surface area (Å²) in [5, 5.41) is 47.2. The molecule has 0 bridgehead atoms. The summed E-state index contributed by atoms with van der Waals surface area (Å²) < 4.78 is 6.44. The van der Waals surface area contributed by atoms with Crippen LogP contribution in [-0.2, 0) is 4.74 Å². The van der Waals surface area contributed by atoms with Crippen molar-refractivity contribution < 1.29 is 24.9 Å². The van der Waals surface area contributed by atoms with Gasteiger partial charge in [0.2, 0.25) is 0 Å². The molecule has 10 nitrogen and oxygen atoms in total. The number of likely N-dealkylation sites (N-methyl/N-ethyl adjacent to an activating group) is 1. The molecule has 0 aromatic heterocycles. The summed E-state index contributed by atoms with van der Waals surface area (Å²) in [4.78, 5) is 12.5. The second-order valence-corrected chi connectivity index (χ2v) is 11.2. The van der Waals surface area contributed by atoms with Crippen molar-refractivity contribution in [3.63, 3.8) is 0 Å². The maximum atomic E-state index is 11.8. The minimum absolute atomic E-state index is 0.109. The second-order valence-electron chi connectivity index (χ2n) is 8.18. The van der Waals surface area contributed by atoms with Gasteiger partial charge in [-0.2, -0.15) is 5.26 Å². The SMILES string of the molecule is CN1NN(C2C(O)[C@@H](Sc3ccc(C#N)c(Br)c3)OC(CO)[C@@H]2O)C=C1C1(C)CSC(=O)N1. The first kappa shape index (κ1) is 24.6. The third kappa shape index (κ3) is 4.71. The number of ether oxygens (including phenoxy) is 1. The smallest absolute Gasteiger partial charge is 0.279 e. The van der Waals surface area contributed by atoms with E-state index in [0.717, 1.165) is 10.6 Å². The molecule has 6 atom stereocenters. The Labute approximate surface area is 208 Å². The lowest BCUT2D eigenvalue weighted by Gasteiger charge is -2.45. The lowest BCUT2D eigenvalue weighted by atomic mass is 9.96.